The zero-order chi connectivity index (χ0) is 15.4. The molecule has 1 heterocycles. The summed E-state index contributed by atoms with van der Waals surface area (Å²) in [6, 6.07) is 5.97. The predicted molar refractivity (Wildman–Crippen MR) is 79.0 cm³/mol. The topological polar surface area (TPSA) is 46.2 Å². The number of nitrogens with one attached hydrogen (secondary N) is 2. The van der Waals surface area contributed by atoms with Gasteiger partial charge in [0, 0.05) is 30.2 Å². The molecule has 4 nitrogen and oxygen atoms in total. The number of methoxy groups -OCH3 is 1. The van der Waals surface area contributed by atoms with Crippen molar-refractivity contribution in [2.75, 3.05) is 24.8 Å². The molecule has 0 unspecified atom stereocenters. The molecule has 0 spiro atoms. The molecule has 2 aromatic rings. The summed E-state index contributed by atoms with van der Waals surface area (Å²) < 4.78 is 32.2. The van der Waals surface area contributed by atoms with Crippen LogP contribution in [0.2, 0.25) is 5.02 Å². The minimum absolute atomic E-state index is 0.0370. The van der Waals surface area contributed by atoms with E-state index in [1.165, 1.54) is 14.2 Å². The van der Waals surface area contributed by atoms with Crippen LogP contribution in [0.3, 0.4) is 0 Å². The van der Waals surface area contributed by atoms with E-state index in [2.05, 4.69) is 15.6 Å². The molecule has 0 radical (unpaired) electrons. The lowest BCUT2D eigenvalue weighted by molar-refractivity contribution is 0.410. The Bertz CT molecular complexity index is 652. The highest BCUT2D eigenvalue weighted by molar-refractivity contribution is 6.31. The first kappa shape index (κ1) is 15.3. The summed E-state index contributed by atoms with van der Waals surface area (Å²) in [6.07, 6.45) is 0. The number of rotatable bonds is 5. The fourth-order valence-corrected chi connectivity index (χ4v) is 2.07. The summed E-state index contributed by atoms with van der Waals surface area (Å²) in [5, 5.41) is 5.83. The van der Waals surface area contributed by atoms with Gasteiger partial charge in [0.15, 0.2) is 23.3 Å². The first-order chi connectivity index (χ1) is 10.1. The maximum Gasteiger partial charge on any atom is 0.168 e. The largest absolute Gasteiger partial charge is 0.496 e. The fraction of sp³-hybridized carbons (Fsp3) is 0.214. The highest BCUT2D eigenvalue weighted by Gasteiger charge is 2.13. The van der Waals surface area contributed by atoms with Gasteiger partial charge in [-0.15, -0.1) is 0 Å². The van der Waals surface area contributed by atoms with E-state index in [1.807, 2.05) is 0 Å². The van der Waals surface area contributed by atoms with Gasteiger partial charge < -0.3 is 15.4 Å². The van der Waals surface area contributed by atoms with Crippen molar-refractivity contribution < 1.29 is 13.5 Å². The number of hydrogen-bond acceptors (Lipinski definition) is 4. The molecular formula is C14H14ClF2N3O. The summed E-state index contributed by atoms with van der Waals surface area (Å²) in [5.41, 5.74) is 0.665. The predicted octanol–water partition coefficient (Wildman–Crippen LogP) is 3.68. The Kier molecular flexibility index (Phi) is 4.80. The number of aromatic nitrogens is 1. The molecule has 0 aliphatic heterocycles. The van der Waals surface area contributed by atoms with Crippen LogP contribution in [0.15, 0.2) is 24.3 Å². The van der Waals surface area contributed by atoms with E-state index in [4.69, 9.17) is 16.3 Å². The number of halogens is 3. The summed E-state index contributed by atoms with van der Waals surface area (Å²) in [7, 11) is 3.02. The second kappa shape index (κ2) is 6.58. The first-order valence-corrected chi connectivity index (χ1v) is 6.53. The van der Waals surface area contributed by atoms with E-state index in [0.717, 1.165) is 6.07 Å². The van der Waals surface area contributed by atoms with Crippen molar-refractivity contribution in [1.29, 1.82) is 0 Å². The lowest BCUT2D eigenvalue weighted by Gasteiger charge is -2.13. The molecule has 0 bridgehead atoms. The van der Waals surface area contributed by atoms with Crippen LogP contribution in [0.5, 0.6) is 5.75 Å². The fourth-order valence-electron chi connectivity index (χ4n) is 1.84. The van der Waals surface area contributed by atoms with Gasteiger partial charge in [-0.3, -0.25) is 0 Å². The average molecular weight is 314 g/mol. The van der Waals surface area contributed by atoms with Gasteiger partial charge in [0.1, 0.15) is 5.75 Å². The van der Waals surface area contributed by atoms with Crippen LogP contribution in [0, 0.1) is 11.6 Å². The summed E-state index contributed by atoms with van der Waals surface area (Å²) in [6.45, 7) is 0.196. The Morgan fingerprint density at radius 2 is 1.95 bits per heavy atom. The third-order valence-corrected chi connectivity index (χ3v) is 3.25. The van der Waals surface area contributed by atoms with E-state index in [9.17, 15) is 8.78 Å². The second-order valence-corrected chi connectivity index (χ2v) is 4.58. The summed E-state index contributed by atoms with van der Waals surface area (Å²) in [5.74, 6) is -1.06. The Morgan fingerprint density at radius 1 is 1.24 bits per heavy atom. The van der Waals surface area contributed by atoms with Crippen LogP contribution >= 0.6 is 11.6 Å². The Morgan fingerprint density at radius 3 is 2.62 bits per heavy atom. The minimum Gasteiger partial charge on any atom is -0.496 e. The quantitative estimate of drug-likeness (QED) is 0.884. The molecule has 0 aliphatic rings. The van der Waals surface area contributed by atoms with E-state index in [1.54, 1.807) is 18.2 Å². The number of nitrogens with zero attached hydrogens (tertiary/aromatic N) is 1. The number of pyridine rings is 1. The Hall–Kier alpha value is -2.08. The third kappa shape index (κ3) is 3.33. The van der Waals surface area contributed by atoms with E-state index >= 15 is 0 Å². The van der Waals surface area contributed by atoms with E-state index in [-0.39, 0.29) is 18.2 Å². The van der Waals surface area contributed by atoms with Crippen LogP contribution in [-0.4, -0.2) is 19.1 Å². The maximum absolute atomic E-state index is 13.7. The molecule has 0 saturated heterocycles. The van der Waals surface area contributed by atoms with Crippen LogP contribution < -0.4 is 15.4 Å². The van der Waals surface area contributed by atoms with Crippen molar-refractivity contribution in [3.63, 3.8) is 0 Å². The van der Waals surface area contributed by atoms with Crippen molar-refractivity contribution in [2.24, 2.45) is 0 Å². The van der Waals surface area contributed by atoms with Crippen LogP contribution in [0.4, 0.5) is 20.4 Å². The molecular weight excluding hydrogens is 300 g/mol. The van der Waals surface area contributed by atoms with Gasteiger partial charge in [0.25, 0.3) is 0 Å². The SMILES string of the molecule is CNc1nc(NCc2c(Cl)cccc2OC)c(F)cc1F. The number of hydrogen-bond donors (Lipinski definition) is 2. The van der Waals surface area contributed by atoms with Gasteiger partial charge in [0.2, 0.25) is 0 Å². The molecule has 0 fully saturated rings. The Balaban J connectivity index is 2.25. The molecule has 0 saturated carbocycles. The molecule has 0 amide bonds. The number of anilines is 2. The van der Waals surface area contributed by atoms with Crippen molar-refractivity contribution in [2.45, 2.75) is 6.54 Å². The zero-order valence-corrected chi connectivity index (χ0v) is 12.3. The van der Waals surface area contributed by atoms with Gasteiger partial charge in [0.05, 0.1) is 7.11 Å². The highest BCUT2D eigenvalue weighted by Crippen LogP contribution is 2.27. The standard InChI is InChI=1S/C14H14ClF2N3O/c1-18-13-10(16)6-11(17)14(20-13)19-7-8-9(15)4-3-5-12(8)21-2/h3-6H,7H2,1-2H3,(H2,18,19,20). The van der Waals surface area contributed by atoms with Crippen LogP contribution in [-0.2, 0) is 6.54 Å². The van der Waals surface area contributed by atoms with Crippen LogP contribution in [0.25, 0.3) is 0 Å². The molecule has 7 heteroatoms. The molecule has 1 aromatic carbocycles. The molecule has 21 heavy (non-hydrogen) atoms. The van der Waals surface area contributed by atoms with Crippen LogP contribution in [0.1, 0.15) is 5.56 Å². The van der Waals surface area contributed by atoms with Crippen molar-refractivity contribution >= 4 is 23.2 Å². The van der Waals surface area contributed by atoms with Gasteiger partial charge in [-0.25, -0.2) is 13.8 Å². The number of ether oxygens (including phenoxy) is 1. The maximum atomic E-state index is 13.7. The smallest absolute Gasteiger partial charge is 0.168 e. The lowest BCUT2D eigenvalue weighted by atomic mass is 10.2. The third-order valence-electron chi connectivity index (χ3n) is 2.89. The zero-order valence-electron chi connectivity index (χ0n) is 11.5. The van der Waals surface area contributed by atoms with Crippen molar-refractivity contribution in [3.8, 4) is 5.75 Å². The second-order valence-electron chi connectivity index (χ2n) is 4.17. The normalized spacial score (nSPS) is 10.3. The molecule has 2 rings (SSSR count). The Labute approximate surface area is 126 Å². The first-order valence-electron chi connectivity index (χ1n) is 6.16. The number of benzene rings is 1. The van der Waals surface area contributed by atoms with E-state index in [0.29, 0.717) is 16.3 Å². The summed E-state index contributed by atoms with van der Waals surface area (Å²) >= 11 is 6.09. The van der Waals surface area contributed by atoms with Gasteiger partial charge in [-0.2, -0.15) is 0 Å². The van der Waals surface area contributed by atoms with Crippen molar-refractivity contribution in [1.82, 2.24) is 4.98 Å². The highest BCUT2D eigenvalue weighted by atomic mass is 35.5. The molecule has 0 aliphatic carbocycles. The molecule has 0 atom stereocenters. The monoisotopic (exact) mass is 313 g/mol. The minimum atomic E-state index is -0.780. The molecule has 112 valence electrons. The van der Waals surface area contributed by atoms with Gasteiger partial charge in [-0.1, -0.05) is 17.7 Å². The molecule has 2 N–H and O–H groups in total. The van der Waals surface area contributed by atoms with Crippen molar-refractivity contribution in [3.05, 3.63) is 46.5 Å². The van der Waals surface area contributed by atoms with E-state index < -0.39 is 11.6 Å². The van der Waals surface area contributed by atoms with Gasteiger partial charge in [-0.05, 0) is 12.1 Å². The lowest BCUT2D eigenvalue weighted by Crippen LogP contribution is -2.08. The average Bonchev–Trinajstić information content (AvgIpc) is 2.47. The van der Waals surface area contributed by atoms with Gasteiger partial charge >= 0.3 is 0 Å². The molecule has 1 aromatic heterocycles. The summed E-state index contributed by atoms with van der Waals surface area (Å²) in [4.78, 5) is 3.83.